The third-order valence-electron chi connectivity index (χ3n) is 2.82. The molecular formula is C10H15N5O3S. The molecule has 0 atom stereocenters. The van der Waals surface area contributed by atoms with Crippen LogP contribution in [0.3, 0.4) is 0 Å². The van der Waals surface area contributed by atoms with Gasteiger partial charge in [-0.25, -0.2) is 4.68 Å². The van der Waals surface area contributed by atoms with Crippen molar-refractivity contribution in [3.63, 3.8) is 0 Å². The molecule has 2 rings (SSSR count). The molecule has 0 bridgehead atoms. The van der Waals surface area contributed by atoms with Crippen molar-refractivity contribution < 1.29 is 14.3 Å². The highest BCUT2D eigenvalue weighted by Crippen LogP contribution is 2.26. The summed E-state index contributed by atoms with van der Waals surface area (Å²) < 4.78 is 5.86. The molecule has 1 amide bonds. The first-order valence-electron chi connectivity index (χ1n) is 5.83. The predicted octanol–water partition coefficient (Wildman–Crippen LogP) is -0.441. The number of hydrogen-bond acceptors (Lipinski definition) is 7. The second-order valence-electron chi connectivity index (χ2n) is 4.22. The molecule has 1 heterocycles. The Morgan fingerprint density at radius 1 is 1.53 bits per heavy atom. The Kier molecular flexibility index (Phi) is 4.35. The molecule has 9 heteroatoms. The van der Waals surface area contributed by atoms with Crippen molar-refractivity contribution in [1.29, 1.82) is 0 Å². The number of nitrogens with zero attached hydrogens (tertiary/aromatic N) is 5. The van der Waals surface area contributed by atoms with Gasteiger partial charge in [-0.2, -0.15) is 0 Å². The fourth-order valence-electron chi connectivity index (χ4n) is 1.48. The number of methoxy groups -OCH3 is 1. The van der Waals surface area contributed by atoms with Crippen molar-refractivity contribution >= 4 is 23.6 Å². The summed E-state index contributed by atoms with van der Waals surface area (Å²) in [6.07, 6.45) is 2.15. The summed E-state index contributed by atoms with van der Waals surface area (Å²) >= 11 is 1.22. The van der Waals surface area contributed by atoms with Gasteiger partial charge < -0.3 is 9.64 Å². The Morgan fingerprint density at radius 3 is 2.89 bits per heavy atom. The Bertz CT molecular complexity index is 473. The monoisotopic (exact) mass is 285 g/mol. The van der Waals surface area contributed by atoms with Gasteiger partial charge in [-0.05, 0) is 23.3 Å². The minimum atomic E-state index is -0.435. The van der Waals surface area contributed by atoms with Crippen LogP contribution in [0.15, 0.2) is 5.16 Å². The number of rotatable bonds is 6. The molecule has 1 aliphatic carbocycles. The number of tetrazole rings is 1. The van der Waals surface area contributed by atoms with Gasteiger partial charge >= 0.3 is 5.97 Å². The van der Waals surface area contributed by atoms with E-state index in [9.17, 15) is 9.59 Å². The Hall–Kier alpha value is -1.64. The van der Waals surface area contributed by atoms with Gasteiger partial charge in [0.05, 0.1) is 12.9 Å². The number of aromatic nitrogens is 4. The first kappa shape index (κ1) is 13.8. The molecule has 0 spiro atoms. The summed E-state index contributed by atoms with van der Waals surface area (Å²) in [7, 11) is 3.10. The molecule has 19 heavy (non-hydrogen) atoms. The van der Waals surface area contributed by atoms with E-state index < -0.39 is 5.97 Å². The maximum Gasteiger partial charge on any atom is 0.327 e. The lowest BCUT2D eigenvalue weighted by Crippen LogP contribution is -2.30. The van der Waals surface area contributed by atoms with Crippen molar-refractivity contribution in [3.05, 3.63) is 0 Å². The molecule has 0 saturated heterocycles. The fraction of sp³-hybridized carbons (Fsp3) is 0.700. The molecular weight excluding hydrogens is 270 g/mol. The van der Waals surface area contributed by atoms with Crippen LogP contribution < -0.4 is 0 Å². The number of esters is 1. The van der Waals surface area contributed by atoms with Crippen molar-refractivity contribution in [2.75, 3.05) is 19.9 Å². The summed E-state index contributed by atoms with van der Waals surface area (Å²) in [5, 5.41) is 11.4. The average Bonchev–Trinajstić information content (AvgIpc) is 3.17. The van der Waals surface area contributed by atoms with Crippen molar-refractivity contribution in [2.24, 2.45) is 0 Å². The van der Waals surface area contributed by atoms with Crippen LogP contribution >= 0.6 is 11.8 Å². The van der Waals surface area contributed by atoms with Crippen LogP contribution in [-0.2, 0) is 20.9 Å². The first-order valence-corrected chi connectivity index (χ1v) is 6.82. The number of carbonyl (C=O) groups is 2. The predicted molar refractivity (Wildman–Crippen MR) is 66.3 cm³/mol. The van der Waals surface area contributed by atoms with Crippen LogP contribution in [0.2, 0.25) is 0 Å². The second kappa shape index (κ2) is 6.00. The Balaban J connectivity index is 1.87. The summed E-state index contributed by atoms with van der Waals surface area (Å²) in [5.41, 5.74) is 0. The Labute approximate surface area is 114 Å². The number of hydrogen-bond donors (Lipinski definition) is 0. The third-order valence-corrected chi connectivity index (χ3v) is 3.76. The molecule has 8 nitrogen and oxygen atoms in total. The van der Waals surface area contributed by atoms with E-state index in [2.05, 4.69) is 20.3 Å². The lowest BCUT2D eigenvalue weighted by molar-refractivity contribution is -0.141. The van der Waals surface area contributed by atoms with E-state index in [0.717, 1.165) is 12.8 Å². The molecule has 104 valence electrons. The topological polar surface area (TPSA) is 90.2 Å². The van der Waals surface area contributed by atoms with Gasteiger partial charge in [-0.1, -0.05) is 11.8 Å². The van der Waals surface area contributed by atoms with Crippen LogP contribution in [0.4, 0.5) is 0 Å². The second-order valence-corrected chi connectivity index (χ2v) is 5.16. The number of ether oxygens (including phenoxy) is 1. The lowest BCUT2D eigenvalue weighted by Gasteiger charge is -2.15. The summed E-state index contributed by atoms with van der Waals surface area (Å²) in [5.74, 6) is -0.134. The minimum absolute atomic E-state index is 0.0418. The third kappa shape index (κ3) is 3.66. The normalized spacial score (nSPS) is 14.2. The Morgan fingerprint density at radius 2 is 2.26 bits per heavy atom. The van der Waals surface area contributed by atoms with E-state index in [-0.39, 0.29) is 18.2 Å². The van der Waals surface area contributed by atoms with Crippen molar-refractivity contribution in [1.82, 2.24) is 25.1 Å². The summed E-state index contributed by atoms with van der Waals surface area (Å²) in [6, 6.07) is 0.388. The van der Waals surface area contributed by atoms with Gasteiger partial charge in [0.25, 0.3) is 0 Å². The average molecular weight is 285 g/mol. The molecule has 1 saturated carbocycles. The maximum absolute atomic E-state index is 11.8. The summed E-state index contributed by atoms with van der Waals surface area (Å²) in [6.45, 7) is -0.0571. The molecule has 1 aromatic rings. The van der Waals surface area contributed by atoms with Crippen molar-refractivity contribution in [2.45, 2.75) is 30.6 Å². The van der Waals surface area contributed by atoms with Crippen LogP contribution in [0, 0.1) is 0 Å². The zero-order chi connectivity index (χ0) is 13.8. The molecule has 0 unspecified atom stereocenters. The molecule has 1 aromatic heterocycles. The lowest BCUT2D eigenvalue weighted by atomic mass is 10.5. The molecule has 1 fully saturated rings. The zero-order valence-electron chi connectivity index (χ0n) is 10.8. The number of amides is 1. The van der Waals surface area contributed by atoms with Gasteiger partial charge in [-0.15, -0.1) is 5.10 Å². The van der Waals surface area contributed by atoms with Crippen molar-refractivity contribution in [3.8, 4) is 0 Å². The fourth-order valence-corrected chi connectivity index (χ4v) is 2.28. The van der Waals surface area contributed by atoms with Crippen LogP contribution in [0.5, 0.6) is 0 Å². The van der Waals surface area contributed by atoms with Crippen LogP contribution in [0.25, 0.3) is 0 Å². The quantitative estimate of drug-likeness (QED) is 0.517. The van der Waals surface area contributed by atoms with E-state index in [0.29, 0.717) is 11.2 Å². The summed E-state index contributed by atoms with van der Waals surface area (Å²) in [4.78, 5) is 24.7. The molecule has 0 aliphatic heterocycles. The van der Waals surface area contributed by atoms with Gasteiger partial charge in [-0.3, -0.25) is 9.59 Å². The molecule has 0 N–H and O–H groups in total. The van der Waals surface area contributed by atoms with Gasteiger partial charge in [0, 0.05) is 13.1 Å². The van der Waals surface area contributed by atoms with Gasteiger partial charge in [0.15, 0.2) is 0 Å². The van der Waals surface area contributed by atoms with E-state index in [1.165, 1.54) is 23.6 Å². The maximum atomic E-state index is 11.8. The van der Waals surface area contributed by atoms with E-state index >= 15 is 0 Å². The SMILES string of the molecule is COC(=O)Cn1nnnc1SCC(=O)N(C)C1CC1. The van der Waals surface area contributed by atoms with Gasteiger partial charge in [0.2, 0.25) is 11.1 Å². The molecule has 0 aromatic carbocycles. The minimum Gasteiger partial charge on any atom is -0.468 e. The largest absolute Gasteiger partial charge is 0.468 e. The molecule has 1 aliphatic rings. The zero-order valence-corrected chi connectivity index (χ0v) is 11.6. The van der Waals surface area contributed by atoms with E-state index in [4.69, 9.17) is 0 Å². The van der Waals surface area contributed by atoms with E-state index in [1.807, 2.05) is 0 Å². The first-order chi connectivity index (χ1) is 9.11. The number of carbonyl (C=O) groups excluding carboxylic acids is 2. The standard InChI is InChI=1S/C10H15N5O3S/c1-14(7-3-4-7)8(16)6-19-10-11-12-13-15(10)5-9(17)18-2/h7H,3-6H2,1-2H3. The number of thioether (sulfide) groups is 1. The van der Waals surface area contributed by atoms with E-state index in [1.54, 1.807) is 11.9 Å². The highest BCUT2D eigenvalue weighted by molar-refractivity contribution is 7.99. The smallest absolute Gasteiger partial charge is 0.327 e. The van der Waals surface area contributed by atoms with Crippen LogP contribution in [-0.4, -0.2) is 62.9 Å². The molecule has 0 radical (unpaired) electrons. The highest BCUT2D eigenvalue weighted by Gasteiger charge is 2.29. The highest BCUT2D eigenvalue weighted by atomic mass is 32.2. The van der Waals surface area contributed by atoms with Crippen LogP contribution in [0.1, 0.15) is 12.8 Å². The van der Waals surface area contributed by atoms with Gasteiger partial charge in [0.1, 0.15) is 6.54 Å².